The van der Waals surface area contributed by atoms with Crippen molar-refractivity contribution in [2.45, 2.75) is 51.5 Å². The molecular formula is C19H28N2O2. The third-order valence-corrected chi connectivity index (χ3v) is 4.17. The molecule has 0 heterocycles. The zero-order chi connectivity index (χ0) is 16.5. The van der Waals surface area contributed by atoms with Gasteiger partial charge >= 0.3 is 6.03 Å². The van der Waals surface area contributed by atoms with Gasteiger partial charge in [-0.1, -0.05) is 23.8 Å². The Kier molecular flexibility index (Phi) is 6.98. The molecule has 126 valence electrons. The van der Waals surface area contributed by atoms with Gasteiger partial charge in [-0.3, -0.25) is 0 Å². The van der Waals surface area contributed by atoms with E-state index in [4.69, 9.17) is 4.74 Å². The molecular weight excluding hydrogens is 288 g/mol. The molecule has 0 aromatic heterocycles. The summed E-state index contributed by atoms with van der Waals surface area (Å²) < 4.78 is 5.22. The van der Waals surface area contributed by atoms with Crippen LogP contribution in [0.2, 0.25) is 0 Å². The summed E-state index contributed by atoms with van der Waals surface area (Å²) in [4.78, 5) is 11.9. The second kappa shape index (κ2) is 9.23. The lowest BCUT2D eigenvalue weighted by atomic mass is 9.97. The molecule has 0 saturated heterocycles. The standard InChI is InChI=1S/C19H28N2O2/c1-15(13-17-9-6-10-18(14-17)23-2)21-19(22)20-12-11-16-7-4-3-5-8-16/h6-7,9-10,14-15H,3-5,8,11-13H2,1-2H3,(H2,20,21,22). The van der Waals surface area contributed by atoms with Crippen LogP contribution in [0, 0.1) is 0 Å². The van der Waals surface area contributed by atoms with Gasteiger partial charge in [0.15, 0.2) is 0 Å². The Hall–Kier alpha value is -1.97. The number of methoxy groups -OCH3 is 1. The summed E-state index contributed by atoms with van der Waals surface area (Å²) in [5, 5.41) is 5.95. The second-order valence-corrected chi connectivity index (χ2v) is 6.22. The van der Waals surface area contributed by atoms with Gasteiger partial charge in [0, 0.05) is 12.6 Å². The maximum Gasteiger partial charge on any atom is 0.315 e. The zero-order valence-corrected chi connectivity index (χ0v) is 14.2. The first-order valence-corrected chi connectivity index (χ1v) is 8.52. The van der Waals surface area contributed by atoms with Crippen molar-refractivity contribution in [3.05, 3.63) is 41.5 Å². The van der Waals surface area contributed by atoms with Gasteiger partial charge in [0.05, 0.1) is 7.11 Å². The Bertz CT molecular complexity index is 540. The Morgan fingerprint density at radius 3 is 2.96 bits per heavy atom. The number of nitrogens with one attached hydrogen (secondary N) is 2. The van der Waals surface area contributed by atoms with Crippen LogP contribution in [0.1, 0.15) is 44.6 Å². The highest BCUT2D eigenvalue weighted by molar-refractivity contribution is 5.74. The average molecular weight is 316 g/mol. The fourth-order valence-corrected chi connectivity index (χ4v) is 2.95. The van der Waals surface area contributed by atoms with E-state index in [2.05, 4.69) is 16.7 Å². The van der Waals surface area contributed by atoms with Crippen LogP contribution in [0.4, 0.5) is 4.79 Å². The molecule has 1 aliphatic carbocycles. The molecule has 1 aromatic carbocycles. The molecule has 1 atom stereocenters. The first-order valence-electron chi connectivity index (χ1n) is 8.52. The van der Waals surface area contributed by atoms with Gasteiger partial charge in [-0.25, -0.2) is 4.79 Å². The number of hydrogen-bond donors (Lipinski definition) is 2. The third-order valence-electron chi connectivity index (χ3n) is 4.17. The topological polar surface area (TPSA) is 50.4 Å². The number of carbonyl (C=O) groups is 1. The van der Waals surface area contributed by atoms with Crippen LogP contribution in [-0.2, 0) is 6.42 Å². The summed E-state index contributed by atoms with van der Waals surface area (Å²) in [7, 11) is 1.66. The number of rotatable bonds is 7. The monoisotopic (exact) mass is 316 g/mol. The van der Waals surface area contributed by atoms with E-state index in [1.165, 1.54) is 31.3 Å². The van der Waals surface area contributed by atoms with Gasteiger partial charge in [0.25, 0.3) is 0 Å². The third kappa shape index (κ3) is 6.35. The summed E-state index contributed by atoms with van der Waals surface area (Å²) in [6.45, 7) is 2.73. The number of ether oxygens (including phenoxy) is 1. The molecule has 2 rings (SSSR count). The van der Waals surface area contributed by atoms with E-state index in [-0.39, 0.29) is 12.1 Å². The van der Waals surface area contributed by atoms with Gasteiger partial charge in [0.2, 0.25) is 0 Å². The maximum absolute atomic E-state index is 11.9. The molecule has 4 nitrogen and oxygen atoms in total. The van der Waals surface area contributed by atoms with E-state index in [0.29, 0.717) is 6.54 Å². The SMILES string of the molecule is COc1cccc(CC(C)NC(=O)NCCC2=CCCCC2)c1. The molecule has 2 amide bonds. The first kappa shape index (κ1) is 17.4. The van der Waals surface area contributed by atoms with Crippen molar-refractivity contribution in [1.29, 1.82) is 0 Å². The lowest BCUT2D eigenvalue weighted by Gasteiger charge is -2.16. The predicted molar refractivity (Wildman–Crippen MR) is 93.9 cm³/mol. The summed E-state index contributed by atoms with van der Waals surface area (Å²) >= 11 is 0. The van der Waals surface area contributed by atoms with Gasteiger partial charge in [0.1, 0.15) is 5.75 Å². The minimum absolute atomic E-state index is 0.0796. The second-order valence-electron chi connectivity index (χ2n) is 6.22. The Balaban J connectivity index is 1.68. The van der Waals surface area contributed by atoms with Crippen LogP contribution in [0.5, 0.6) is 5.75 Å². The Labute approximate surface area is 139 Å². The summed E-state index contributed by atoms with van der Waals surface area (Å²) in [5.74, 6) is 0.847. The largest absolute Gasteiger partial charge is 0.497 e. The summed E-state index contributed by atoms with van der Waals surface area (Å²) in [6, 6.07) is 7.94. The number of carbonyl (C=O) groups excluding carboxylic acids is 1. The van der Waals surface area contributed by atoms with Crippen molar-refractivity contribution < 1.29 is 9.53 Å². The number of amides is 2. The van der Waals surface area contributed by atoms with Gasteiger partial charge in [-0.2, -0.15) is 0 Å². The van der Waals surface area contributed by atoms with E-state index in [1.807, 2.05) is 31.2 Å². The van der Waals surface area contributed by atoms with Crippen molar-refractivity contribution in [2.75, 3.05) is 13.7 Å². The number of allylic oxidation sites excluding steroid dienone is 1. The molecule has 1 aromatic rings. The van der Waals surface area contributed by atoms with Crippen molar-refractivity contribution in [2.24, 2.45) is 0 Å². The van der Waals surface area contributed by atoms with Gasteiger partial charge < -0.3 is 15.4 Å². The van der Waals surface area contributed by atoms with Crippen LogP contribution in [0.3, 0.4) is 0 Å². The number of benzene rings is 1. The number of urea groups is 1. The molecule has 0 radical (unpaired) electrons. The molecule has 23 heavy (non-hydrogen) atoms. The molecule has 2 N–H and O–H groups in total. The van der Waals surface area contributed by atoms with Crippen molar-refractivity contribution in [3.63, 3.8) is 0 Å². The fraction of sp³-hybridized carbons (Fsp3) is 0.526. The predicted octanol–water partition coefficient (Wildman–Crippen LogP) is 3.82. The van der Waals surface area contributed by atoms with Crippen molar-refractivity contribution in [1.82, 2.24) is 10.6 Å². The maximum atomic E-state index is 11.9. The lowest BCUT2D eigenvalue weighted by molar-refractivity contribution is 0.238. The highest BCUT2D eigenvalue weighted by Gasteiger charge is 2.09. The van der Waals surface area contributed by atoms with Crippen molar-refractivity contribution in [3.8, 4) is 5.75 Å². The quantitative estimate of drug-likeness (QED) is 0.751. The normalized spacial score (nSPS) is 15.5. The Morgan fingerprint density at radius 1 is 1.35 bits per heavy atom. The van der Waals surface area contributed by atoms with Gasteiger partial charge in [-0.15, -0.1) is 0 Å². The molecule has 0 fully saturated rings. The molecule has 1 unspecified atom stereocenters. The van der Waals surface area contributed by atoms with Crippen LogP contribution in [0.25, 0.3) is 0 Å². The highest BCUT2D eigenvalue weighted by Crippen LogP contribution is 2.19. The van der Waals surface area contributed by atoms with E-state index >= 15 is 0 Å². The fourth-order valence-electron chi connectivity index (χ4n) is 2.95. The van der Waals surface area contributed by atoms with Crippen LogP contribution < -0.4 is 15.4 Å². The smallest absolute Gasteiger partial charge is 0.315 e. The molecule has 1 aliphatic rings. The molecule has 0 spiro atoms. The Morgan fingerprint density at radius 2 is 2.22 bits per heavy atom. The van der Waals surface area contributed by atoms with E-state index < -0.39 is 0 Å². The molecule has 0 bridgehead atoms. The summed E-state index contributed by atoms with van der Waals surface area (Å²) in [6.07, 6.45) is 9.06. The minimum Gasteiger partial charge on any atom is -0.497 e. The molecule has 4 heteroatoms. The molecule has 0 aliphatic heterocycles. The molecule has 0 saturated carbocycles. The van der Waals surface area contributed by atoms with Crippen LogP contribution in [-0.4, -0.2) is 25.7 Å². The van der Waals surface area contributed by atoms with Crippen molar-refractivity contribution >= 4 is 6.03 Å². The first-order chi connectivity index (χ1) is 11.2. The van der Waals surface area contributed by atoms with E-state index in [1.54, 1.807) is 7.11 Å². The van der Waals surface area contributed by atoms with Gasteiger partial charge in [-0.05, 0) is 63.1 Å². The minimum atomic E-state index is -0.0863. The van der Waals surface area contributed by atoms with E-state index in [0.717, 1.165) is 24.2 Å². The lowest BCUT2D eigenvalue weighted by Crippen LogP contribution is -2.42. The summed E-state index contributed by atoms with van der Waals surface area (Å²) in [5.41, 5.74) is 2.64. The van der Waals surface area contributed by atoms with E-state index in [9.17, 15) is 4.79 Å². The van der Waals surface area contributed by atoms with Crippen LogP contribution >= 0.6 is 0 Å². The average Bonchev–Trinajstić information content (AvgIpc) is 2.56. The highest BCUT2D eigenvalue weighted by atomic mass is 16.5. The number of hydrogen-bond acceptors (Lipinski definition) is 2. The van der Waals surface area contributed by atoms with Crippen LogP contribution in [0.15, 0.2) is 35.9 Å². The zero-order valence-electron chi connectivity index (χ0n) is 14.2.